The molecule has 3 heteroatoms. The lowest BCUT2D eigenvalue weighted by atomic mass is 9.86. The second kappa shape index (κ2) is 10.7. The average Bonchev–Trinajstić information content (AvgIpc) is 3.57. The van der Waals surface area contributed by atoms with Crippen LogP contribution in [0.25, 0.3) is 93.5 Å². The Bertz CT molecular complexity index is 2870. The first kappa shape index (κ1) is 27.5. The van der Waals surface area contributed by atoms with E-state index in [2.05, 4.69) is 140 Å². The van der Waals surface area contributed by atoms with Crippen LogP contribution in [-0.4, -0.2) is 9.38 Å². The van der Waals surface area contributed by atoms with Gasteiger partial charge in [0, 0.05) is 16.3 Å². The number of rotatable bonds is 4. The second-order valence-electron chi connectivity index (χ2n) is 12.7. The first-order chi connectivity index (χ1) is 24.2. The summed E-state index contributed by atoms with van der Waals surface area (Å²) in [5.41, 5.74) is 9.49. The number of nitrogens with zero attached hydrogens (tertiary/aromatic N) is 2. The first-order valence-corrected chi connectivity index (χ1v) is 16.6. The second-order valence-corrected chi connectivity index (χ2v) is 12.7. The van der Waals surface area contributed by atoms with Crippen molar-refractivity contribution in [1.29, 1.82) is 0 Å². The number of imidazole rings is 1. The highest BCUT2D eigenvalue weighted by Gasteiger charge is 2.21. The fraction of sp³-hybridized carbons (Fsp3) is 0. The van der Waals surface area contributed by atoms with Crippen LogP contribution < -0.4 is 5.56 Å². The van der Waals surface area contributed by atoms with Crippen molar-refractivity contribution in [3.63, 3.8) is 0 Å². The van der Waals surface area contributed by atoms with Gasteiger partial charge in [0.05, 0.1) is 11.0 Å². The van der Waals surface area contributed by atoms with E-state index in [-0.39, 0.29) is 5.56 Å². The zero-order valence-corrected chi connectivity index (χ0v) is 26.5. The van der Waals surface area contributed by atoms with Gasteiger partial charge in [-0.05, 0) is 78.5 Å². The molecular formula is C46H28N2O. The summed E-state index contributed by atoms with van der Waals surface area (Å²) in [7, 11) is 0. The van der Waals surface area contributed by atoms with E-state index < -0.39 is 0 Å². The molecule has 10 aromatic rings. The van der Waals surface area contributed by atoms with Crippen molar-refractivity contribution >= 4 is 48.7 Å². The van der Waals surface area contributed by atoms with Crippen molar-refractivity contribution in [1.82, 2.24) is 9.38 Å². The van der Waals surface area contributed by atoms with Gasteiger partial charge in [-0.1, -0.05) is 152 Å². The van der Waals surface area contributed by atoms with Crippen LogP contribution in [0.2, 0.25) is 0 Å². The van der Waals surface area contributed by atoms with Gasteiger partial charge < -0.3 is 0 Å². The standard InChI is InChI=1S/C46H28N2O/c49-46-39-22-12-7-17-34(39)40-27-33(29-13-3-1-4-14-29)28-41-44(40)48(46)45(47-41)32-25-23-31(24-26-32)43-37-20-10-8-18-35(37)42(30-15-5-2-6-16-30)36-19-9-11-21-38(36)43/h1-28H. The number of aromatic nitrogens is 2. The molecule has 0 unspecified atom stereocenters. The highest BCUT2D eigenvalue weighted by atomic mass is 16.1. The van der Waals surface area contributed by atoms with Crippen molar-refractivity contribution in [2.24, 2.45) is 0 Å². The van der Waals surface area contributed by atoms with Gasteiger partial charge in [-0.3, -0.25) is 9.20 Å². The molecule has 0 fully saturated rings. The van der Waals surface area contributed by atoms with Gasteiger partial charge in [0.25, 0.3) is 5.56 Å². The maximum Gasteiger partial charge on any atom is 0.264 e. The van der Waals surface area contributed by atoms with E-state index in [4.69, 9.17) is 4.98 Å². The van der Waals surface area contributed by atoms with E-state index in [0.717, 1.165) is 44.1 Å². The monoisotopic (exact) mass is 624 g/mol. The summed E-state index contributed by atoms with van der Waals surface area (Å²) in [6, 6.07) is 59.2. The largest absolute Gasteiger partial charge is 0.268 e. The molecule has 0 saturated carbocycles. The molecule has 0 aliphatic rings. The van der Waals surface area contributed by atoms with E-state index in [1.165, 1.54) is 38.2 Å². The molecule has 2 heterocycles. The lowest BCUT2D eigenvalue weighted by molar-refractivity contribution is 1.13. The highest BCUT2D eigenvalue weighted by Crippen LogP contribution is 2.44. The van der Waals surface area contributed by atoms with Crippen molar-refractivity contribution in [3.05, 3.63) is 180 Å². The Morgan fingerprint density at radius 3 is 1.39 bits per heavy atom. The quantitative estimate of drug-likeness (QED) is 0.144. The van der Waals surface area contributed by atoms with E-state index in [9.17, 15) is 4.79 Å². The van der Waals surface area contributed by atoms with E-state index in [1.807, 2.05) is 34.7 Å². The molecular weight excluding hydrogens is 597 g/mol. The number of benzene rings is 8. The summed E-state index contributed by atoms with van der Waals surface area (Å²) in [6.45, 7) is 0. The minimum Gasteiger partial charge on any atom is -0.268 e. The summed E-state index contributed by atoms with van der Waals surface area (Å²) >= 11 is 0. The van der Waals surface area contributed by atoms with Gasteiger partial charge in [0.15, 0.2) is 0 Å². The van der Waals surface area contributed by atoms with Crippen molar-refractivity contribution < 1.29 is 0 Å². The normalized spacial score (nSPS) is 11.8. The smallest absolute Gasteiger partial charge is 0.264 e. The number of hydrogen-bond donors (Lipinski definition) is 0. The summed E-state index contributed by atoms with van der Waals surface area (Å²) in [4.78, 5) is 19.3. The van der Waals surface area contributed by atoms with Crippen LogP contribution in [0.3, 0.4) is 0 Å². The minimum absolute atomic E-state index is 0.0503. The highest BCUT2D eigenvalue weighted by molar-refractivity contribution is 6.21. The molecule has 0 N–H and O–H groups in total. The lowest BCUT2D eigenvalue weighted by Crippen LogP contribution is -2.14. The van der Waals surface area contributed by atoms with Gasteiger partial charge in [0.1, 0.15) is 5.82 Å². The van der Waals surface area contributed by atoms with Crippen LogP contribution in [0.5, 0.6) is 0 Å². The fourth-order valence-electron chi connectivity index (χ4n) is 7.77. The fourth-order valence-corrected chi connectivity index (χ4v) is 7.77. The van der Waals surface area contributed by atoms with E-state index in [0.29, 0.717) is 11.2 Å². The third kappa shape index (κ3) is 4.16. The SMILES string of the molecule is O=c1c2ccccc2c2cc(-c3ccccc3)cc3nc(-c4ccc(-c5c6ccccc6c(-c6ccccc6)c6ccccc56)cc4)n1c32. The summed E-state index contributed by atoms with van der Waals surface area (Å²) < 4.78 is 1.82. The van der Waals surface area contributed by atoms with Crippen LogP contribution in [0.15, 0.2) is 175 Å². The first-order valence-electron chi connectivity index (χ1n) is 16.6. The Balaban J connectivity index is 1.20. The number of pyridine rings is 1. The van der Waals surface area contributed by atoms with Crippen LogP contribution in [-0.2, 0) is 0 Å². The minimum atomic E-state index is -0.0503. The van der Waals surface area contributed by atoms with Gasteiger partial charge in [-0.15, -0.1) is 0 Å². The van der Waals surface area contributed by atoms with Crippen LogP contribution >= 0.6 is 0 Å². The Morgan fingerprint density at radius 1 is 0.367 bits per heavy atom. The van der Waals surface area contributed by atoms with Crippen LogP contribution in [0.1, 0.15) is 0 Å². The number of hydrogen-bond acceptors (Lipinski definition) is 2. The molecule has 0 aliphatic heterocycles. The summed E-state index contributed by atoms with van der Waals surface area (Å²) in [6.07, 6.45) is 0. The zero-order valence-electron chi connectivity index (χ0n) is 26.5. The summed E-state index contributed by atoms with van der Waals surface area (Å²) in [5.74, 6) is 0.654. The molecule has 0 aliphatic carbocycles. The number of fused-ring (bicyclic) bond motifs is 4. The average molecular weight is 625 g/mol. The molecule has 8 aromatic carbocycles. The van der Waals surface area contributed by atoms with Gasteiger partial charge in [-0.2, -0.15) is 0 Å². The zero-order chi connectivity index (χ0) is 32.5. The molecule has 228 valence electrons. The Labute approximate surface area is 282 Å². The molecule has 0 radical (unpaired) electrons. The predicted molar refractivity (Wildman–Crippen MR) is 204 cm³/mol. The van der Waals surface area contributed by atoms with Crippen LogP contribution in [0.4, 0.5) is 0 Å². The topological polar surface area (TPSA) is 34.4 Å². The molecule has 0 atom stereocenters. The maximum absolute atomic E-state index is 14.2. The Kier molecular flexibility index (Phi) is 6.03. The molecule has 0 saturated heterocycles. The Hall–Kier alpha value is -6.58. The Morgan fingerprint density at radius 2 is 0.816 bits per heavy atom. The third-order valence-electron chi connectivity index (χ3n) is 9.94. The molecule has 49 heavy (non-hydrogen) atoms. The summed E-state index contributed by atoms with van der Waals surface area (Å²) in [5, 5.41) is 7.52. The van der Waals surface area contributed by atoms with E-state index in [1.54, 1.807) is 0 Å². The van der Waals surface area contributed by atoms with Gasteiger partial charge in [-0.25, -0.2) is 4.98 Å². The maximum atomic E-state index is 14.2. The lowest BCUT2D eigenvalue weighted by Gasteiger charge is -2.17. The predicted octanol–water partition coefficient (Wildman–Crippen LogP) is 11.4. The van der Waals surface area contributed by atoms with Crippen molar-refractivity contribution in [2.45, 2.75) is 0 Å². The third-order valence-corrected chi connectivity index (χ3v) is 9.94. The van der Waals surface area contributed by atoms with Gasteiger partial charge >= 0.3 is 0 Å². The van der Waals surface area contributed by atoms with E-state index >= 15 is 0 Å². The van der Waals surface area contributed by atoms with Crippen molar-refractivity contribution in [2.75, 3.05) is 0 Å². The molecule has 3 nitrogen and oxygen atoms in total. The molecule has 0 amide bonds. The molecule has 0 spiro atoms. The molecule has 0 bridgehead atoms. The molecule has 10 rings (SSSR count). The molecule has 2 aromatic heterocycles. The van der Waals surface area contributed by atoms with Gasteiger partial charge in [0.2, 0.25) is 0 Å². The van der Waals surface area contributed by atoms with Crippen LogP contribution in [0, 0.1) is 0 Å². The van der Waals surface area contributed by atoms with Crippen molar-refractivity contribution in [3.8, 4) is 44.8 Å².